The molecule has 0 heterocycles. The highest BCUT2D eigenvalue weighted by atomic mass is 35.5. The first-order chi connectivity index (χ1) is 9.16. The molecule has 0 spiro atoms. The molecule has 0 N–H and O–H groups in total. The predicted octanol–water partition coefficient (Wildman–Crippen LogP) is 4.63. The van der Waals surface area contributed by atoms with Crippen molar-refractivity contribution in [1.82, 2.24) is 0 Å². The van der Waals surface area contributed by atoms with Crippen molar-refractivity contribution in [2.45, 2.75) is 19.3 Å². The molecule has 0 radical (unpaired) electrons. The molecule has 1 aliphatic carbocycles. The highest BCUT2D eigenvalue weighted by Gasteiger charge is 2.44. The van der Waals surface area contributed by atoms with E-state index in [0.29, 0.717) is 10.9 Å². The Hall–Kier alpha value is -1.60. The number of rotatable bonds is 3. The molecule has 0 aromatic heterocycles. The Kier molecular flexibility index (Phi) is 3.16. The second kappa shape index (κ2) is 4.82. The van der Waals surface area contributed by atoms with Crippen LogP contribution in [0.5, 0.6) is 0 Å². The molecular formula is C17H15ClO. The fourth-order valence-electron chi connectivity index (χ4n) is 2.66. The number of hydrogen-bond acceptors (Lipinski definition) is 1. The lowest BCUT2D eigenvalue weighted by Crippen LogP contribution is -2.05. The van der Waals surface area contributed by atoms with Gasteiger partial charge in [-0.3, -0.25) is 4.79 Å². The van der Waals surface area contributed by atoms with Gasteiger partial charge in [0.15, 0.2) is 5.78 Å². The van der Waals surface area contributed by atoms with E-state index in [-0.39, 0.29) is 11.7 Å². The molecule has 2 heteroatoms. The topological polar surface area (TPSA) is 17.1 Å². The number of ketones is 1. The summed E-state index contributed by atoms with van der Waals surface area (Å²) in [7, 11) is 0. The van der Waals surface area contributed by atoms with Crippen LogP contribution in [0.3, 0.4) is 0 Å². The number of carbonyl (C=O) groups excluding carboxylic acids is 1. The zero-order valence-electron chi connectivity index (χ0n) is 10.8. The molecule has 2 aromatic rings. The molecule has 0 aliphatic heterocycles. The van der Waals surface area contributed by atoms with Crippen LogP contribution in [0, 0.1) is 12.8 Å². The van der Waals surface area contributed by atoms with E-state index in [1.807, 2.05) is 37.3 Å². The van der Waals surface area contributed by atoms with Gasteiger partial charge in [-0.2, -0.15) is 0 Å². The average molecular weight is 271 g/mol. The van der Waals surface area contributed by atoms with Gasteiger partial charge in [0.1, 0.15) is 0 Å². The molecule has 3 rings (SSSR count). The van der Waals surface area contributed by atoms with E-state index in [4.69, 9.17) is 11.6 Å². The predicted molar refractivity (Wildman–Crippen MR) is 77.8 cm³/mol. The third kappa shape index (κ3) is 2.43. The van der Waals surface area contributed by atoms with Crippen molar-refractivity contribution >= 4 is 17.4 Å². The zero-order chi connectivity index (χ0) is 13.4. The van der Waals surface area contributed by atoms with Gasteiger partial charge in [-0.15, -0.1) is 0 Å². The van der Waals surface area contributed by atoms with Crippen LogP contribution in [0.2, 0.25) is 5.02 Å². The van der Waals surface area contributed by atoms with Gasteiger partial charge in [0.25, 0.3) is 0 Å². The maximum absolute atomic E-state index is 12.5. The van der Waals surface area contributed by atoms with Crippen molar-refractivity contribution in [2.75, 3.05) is 0 Å². The van der Waals surface area contributed by atoms with E-state index in [1.54, 1.807) is 6.07 Å². The van der Waals surface area contributed by atoms with Gasteiger partial charge in [-0.25, -0.2) is 0 Å². The molecule has 2 unspecified atom stereocenters. The minimum atomic E-state index is 0.141. The van der Waals surface area contributed by atoms with E-state index in [2.05, 4.69) is 12.1 Å². The van der Waals surface area contributed by atoms with Crippen LogP contribution in [0.15, 0.2) is 48.5 Å². The van der Waals surface area contributed by atoms with Crippen LogP contribution >= 0.6 is 11.6 Å². The molecule has 0 amide bonds. The lowest BCUT2D eigenvalue weighted by atomic mass is 9.99. The van der Waals surface area contributed by atoms with E-state index >= 15 is 0 Å². The molecule has 1 saturated carbocycles. The monoisotopic (exact) mass is 270 g/mol. The van der Waals surface area contributed by atoms with Gasteiger partial charge in [0.05, 0.1) is 0 Å². The fourth-order valence-corrected chi connectivity index (χ4v) is 2.88. The summed E-state index contributed by atoms with van der Waals surface area (Å²) in [5, 5.41) is 0.685. The first kappa shape index (κ1) is 12.4. The Bertz CT molecular complexity index is 618. The first-order valence-corrected chi connectivity index (χ1v) is 6.90. The van der Waals surface area contributed by atoms with Crippen molar-refractivity contribution in [2.24, 2.45) is 5.92 Å². The number of carbonyl (C=O) groups is 1. The third-order valence-electron chi connectivity index (χ3n) is 3.81. The number of benzene rings is 2. The van der Waals surface area contributed by atoms with Gasteiger partial charge in [-0.1, -0.05) is 41.9 Å². The standard InChI is InChI=1S/C17H15ClO/c1-11-9-13(18)7-8-14(11)17(19)16-10-15(16)12-5-3-2-4-6-12/h2-9,15-16H,10H2,1H3. The summed E-state index contributed by atoms with van der Waals surface area (Å²) in [6.07, 6.45) is 0.963. The Balaban J connectivity index is 1.80. The second-order valence-electron chi connectivity index (χ2n) is 5.18. The third-order valence-corrected chi connectivity index (χ3v) is 4.04. The Morgan fingerprint density at radius 3 is 2.58 bits per heavy atom. The van der Waals surface area contributed by atoms with E-state index in [9.17, 15) is 4.79 Å². The lowest BCUT2D eigenvalue weighted by Gasteiger charge is -2.05. The van der Waals surface area contributed by atoms with Crippen molar-refractivity contribution in [3.8, 4) is 0 Å². The molecular weight excluding hydrogens is 256 g/mol. The summed E-state index contributed by atoms with van der Waals surface area (Å²) in [4.78, 5) is 12.5. The van der Waals surface area contributed by atoms with Gasteiger partial charge in [0.2, 0.25) is 0 Å². The van der Waals surface area contributed by atoms with E-state index in [0.717, 1.165) is 17.5 Å². The largest absolute Gasteiger partial charge is 0.294 e. The van der Waals surface area contributed by atoms with Gasteiger partial charge in [0, 0.05) is 16.5 Å². The normalized spacial score (nSPS) is 21.2. The van der Waals surface area contributed by atoms with Crippen molar-refractivity contribution < 1.29 is 4.79 Å². The minimum absolute atomic E-state index is 0.141. The Morgan fingerprint density at radius 1 is 1.16 bits per heavy atom. The maximum Gasteiger partial charge on any atom is 0.166 e. The number of halogens is 1. The number of hydrogen-bond donors (Lipinski definition) is 0. The number of Topliss-reactive ketones (excluding diaryl/α,β-unsaturated/α-hetero) is 1. The maximum atomic E-state index is 12.5. The van der Waals surface area contributed by atoms with Crippen LogP contribution < -0.4 is 0 Å². The lowest BCUT2D eigenvalue weighted by molar-refractivity contribution is 0.0964. The quantitative estimate of drug-likeness (QED) is 0.743. The van der Waals surface area contributed by atoms with Gasteiger partial charge >= 0.3 is 0 Å². The summed E-state index contributed by atoms with van der Waals surface area (Å²) in [5.41, 5.74) is 3.05. The molecule has 2 atom stereocenters. The summed E-state index contributed by atoms with van der Waals surface area (Å²) in [6.45, 7) is 1.94. The van der Waals surface area contributed by atoms with Crippen LogP contribution in [0.1, 0.15) is 33.8 Å². The molecule has 1 aliphatic rings. The van der Waals surface area contributed by atoms with Crippen LogP contribution in [0.25, 0.3) is 0 Å². The van der Waals surface area contributed by atoms with Crippen molar-refractivity contribution in [3.63, 3.8) is 0 Å². The molecule has 19 heavy (non-hydrogen) atoms. The summed E-state index contributed by atoms with van der Waals surface area (Å²) in [6, 6.07) is 15.8. The summed E-state index contributed by atoms with van der Waals surface area (Å²) < 4.78 is 0. The Morgan fingerprint density at radius 2 is 1.89 bits per heavy atom. The summed E-state index contributed by atoms with van der Waals surface area (Å²) >= 11 is 5.93. The van der Waals surface area contributed by atoms with Gasteiger partial charge < -0.3 is 0 Å². The van der Waals surface area contributed by atoms with Crippen LogP contribution in [-0.2, 0) is 0 Å². The minimum Gasteiger partial charge on any atom is -0.294 e. The highest BCUT2D eigenvalue weighted by Crippen LogP contribution is 2.49. The molecule has 1 fully saturated rings. The second-order valence-corrected chi connectivity index (χ2v) is 5.62. The zero-order valence-corrected chi connectivity index (χ0v) is 11.5. The molecule has 1 nitrogen and oxygen atoms in total. The first-order valence-electron chi connectivity index (χ1n) is 6.52. The molecule has 0 saturated heterocycles. The average Bonchev–Trinajstić information content (AvgIpc) is 3.19. The van der Waals surface area contributed by atoms with Crippen LogP contribution in [0.4, 0.5) is 0 Å². The van der Waals surface area contributed by atoms with Gasteiger partial charge in [-0.05, 0) is 48.6 Å². The van der Waals surface area contributed by atoms with Crippen molar-refractivity contribution in [3.05, 3.63) is 70.2 Å². The van der Waals surface area contributed by atoms with E-state index in [1.165, 1.54) is 5.56 Å². The highest BCUT2D eigenvalue weighted by molar-refractivity contribution is 6.30. The molecule has 2 aromatic carbocycles. The smallest absolute Gasteiger partial charge is 0.166 e. The van der Waals surface area contributed by atoms with Crippen LogP contribution in [-0.4, -0.2) is 5.78 Å². The number of aryl methyl sites for hydroxylation is 1. The molecule has 96 valence electrons. The Labute approximate surface area is 118 Å². The summed E-state index contributed by atoms with van der Waals surface area (Å²) in [5.74, 6) is 0.786. The SMILES string of the molecule is Cc1cc(Cl)ccc1C(=O)C1CC1c1ccccc1. The fraction of sp³-hybridized carbons (Fsp3) is 0.235. The van der Waals surface area contributed by atoms with E-state index < -0.39 is 0 Å². The van der Waals surface area contributed by atoms with Crippen molar-refractivity contribution in [1.29, 1.82) is 0 Å². The molecule has 0 bridgehead atoms.